The normalized spacial score (nSPS) is 24.4. The van der Waals surface area contributed by atoms with Crippen LogP contribution in [0.25, 0.3) is 0 Å². The molecule has 1 saturated heterocycles. The highest BCUT2D eigenvalue weighted by Gasteiger charge is 2.31. The molecule has 6 heteroatoms. The molecule has 0 saturated carbocycles. The second-order valence-corrected chi connectivity index (χ2v) is 4.69. The second-order valence-electron chi connectivity index (χ2n) is 4.69. The largest absolute Gasteiger partial charge is 0.380 e. The van der Waals surface area contributed by atoms with Gasteiger partial charge < -0.3 is 19.9 Å². The number of H-pyrrole nitrogens is 1. The van der Waals surface area contributed by atoms with Crippen molar-refractivity contribution in [1.82, 2.24) is 20.2 Å². The summed E-state index contributed by atoms with van der Waals surface area (Å²) in [6, 6.07) is -0.293. The van der Waals surface area contributed by atoms with E-state index in [-0.39, 0.29) is 11.9 Å². The fourth-order valence-electron chi connectivity index (χ4n) is 2.57. The SMILES string of the molecule is O=C([C@H]1NCCc2[nH]cnc21)N1CCCOCC1. The molecule has 98 valence electrons. The second kappa shape index (κ2) is 5.07. The highest BCUT2D eigenvalue weighted by Crippen LogP contribution is 2.21. The number of nitrogens with one attached hydrogen (secondary N) is 2. The van der Waals surface area contributed by atoms with Gasteiger partial charge >= 0.3 is 0 Å². The lowest BCUT2D eigenvalue weighted by Gasteiger charge is -2.28. The van der Waals surface area contributed by atoms with Crippen LogP contribution >= 0.6 is 0 Å². The zero-order valence-electron chi connectivity index (χ0n) is 10.3. The Labute approximate surface area is 106 Å². The Balaban J connectivity index is 1.77. The van der Waals surface area contributed by atoms with Crippen molar-refractivity contribution in [2.75, 3.05) is 32.8 Å². The Bertz CT molecular complexity index is 423. The summed E-state index contributed by atoms with van der Waals surface area (Å²) < 4.78 is 5.38. The third-order valence-electron chi connectivity index (χ3n) is 3.53. The molecular formula is C12H18N4O2. The average Bonchev–Trinajstić information content (AvgIpc) is 2.71. The Morgan fingerprint density at radius 2 is 2.39 bits per heavy atom. The summed E-state index contributed by atoms with van der Waals surface area (Å²) in [5.74, 6) is 0.119. The highest BCUT2D eigenvalue weighted by atomic mass is 16.5. The first-order chi connectivity index (χ1) is 8.86. The fourth-order valence-corrected chi connectivity index (χ4v) is 2.57. The van der Waals surface area contributed by atoms with Crippen LogP contribution in [0.4, 0.5) is 0 Å². The van der Waals surface area contributed by atoms with Crippen LogP contribution in [-0.2, 0) is 16.0 Å². The Hall–Kier alpha value is -1.40. The van der Waals surface area contributed by atoms with E-state index in [1.54, 1.807) is 6.33 Å². The summed E-state index contributed by atoms with van der Waals surface area (Å²) in [6.07, 6.45) is 3.48. The van der Waals surface area contributed by atoms with Crippen LogP contribution in [0, 0.1) is 0 Å². The molecule has 0 radical (unpaired) electrons. The molecule has 2 aliphatic rings. The number of hydrogen-bond acceptors (Lipinski definition) is 4. The van der Waals surface area contributed by atoms with Crippen LogP contribution in [0.15, 0.2) is 6.33 Å². The first-order valence-electron chi connectivity index (χ1n) is 6.48. The summed E-state index contributed by atoms with van der Waals surface area (Å²) in [5.41, 5.74) is 1.94. The van der Waals surface area contributed by atoms with Crippen molar-refractivity contribution in [2.45, 2.75) is 18.9 Å². The molecule has 3 heterocycles. The van der Waals surface area contributed by atoms with Crippen LogP contribution < -0.4 is 5.32 Å². The number of fused-ring (bicyclic) bond motifs is 1. The van der Waals surface area contributed by atoms with Gasteiger partial charge in [-0.05, 0) is 6.42 Å². The fraction of sp³-hybridized carbons (Fsp3) is 0.667. The lowest BCUT2D eigenvalue weighted by Crippen LogP contribution is -2.44. The van der Waals surface area contributed by atoms with Crippen molar-refractivity contribution in [2.24, 2.45) is 0 Å². The smallest absolute Gasteiger partial charge is 0.246 e. The molecule has 1 aromatic heterocycles. The lowest BCUT2D eigenvalue weighted by atomic mass is 10.0. The minimum atomic E-state index is -0.293. The zero-order chi connectivity index (χ0) is 12.4. The van der Waals surface area contributed by atoms with Crippen molar-refractivity contribution in [3.05, 3.63) is 17.7 Å². The first-order valence-corrected chi connectivity index (χ1v) is 6.48. The minimum Gasteiger partial charge on any atom is -0.380 e. The maximum absolute atomic E-state index is 12.5. The van der Waals surface area contributed by atoms with E-state index < -0.39 is 0 Å². The molecule has 1 atom stereocenters. The van der Waals surface area contributed by atoms with Crippen molar-refractivity contribution in [3.8, 4) is 0 Å². The molecular weight excluding hydrogens is 232 g/mol. The van der Waals surface area contributed by atoms with Crippen LogP contribution in [0.5, 0.6) is 0 Å². The quantitative estimate of drug-likeness (QED) is 0.727. The number of amides is 1. The molecule has 2 aliphatic heterocycles. The van der Waals surface area contributed by atoms with Crippen LogP contribution in [-0.4, -0.2) is 53.6 Å². The molecule has 6 nitrogen and oxygen atoms in total. The monoisotopic (exact) mass is 250 g/mol. The summed E-state index contributed by atoms with van der Waals surface area (Å²) in [4.78, 5) is 21.8. The molecule has 0 bridgehead atoms. The number of aromatic amines is 1. The van der Waals surface area contributed by atoms with Crippen molar-refractivity contribution >= 4 is 5.91 Å². The van der Waals surface area contributed by atoms with Gasteiger partial charge in [0.15, 0.2) is 0 Å². The van der Waals surface area contributed by atoms with Crippen LogP contribution in [0.3, 0.4) is 0 Å². The van der Waals surface area contributed by atoms with Crippen molar-refractivity contribution in [1.29, 1.82) is 0 Å². The molecule has 0 aliphatic carbocycles. The van der Waals surface area contributed by atoms with Crippen molar-refractivity contribution < 1.29 is 9.53 Å². The van der Waals surface area contributed by atoms with Gasteiger partial charge in [0.2, 0.25) is 5.91 Å². The third-order valence-corrected chi connectivity index (χ3v) is 3.53. The Morgan fingerprint density at radius 1 is 1.44 bits per heavy atom. The predicted octanol–water partition coefficient (Wildman–Crippen LogP) is -0.155. The van der Waals surface area contributed by atoms with Gasteiger partial charge in [-0.3, -0.25) is 4.79 Å². The third kappa shape index (κ3) is 2.13. The van der Waals surface area contributed by atoms with Gasteiger partial charge in [-0.25, -0.2) is 4.98 Å². The maximum Gasteiger partial charge on any atom is 0.246 e. The molecule has 3 rings (SSSR count). The van der Waals surface area contributed by atoms with Crippen LogP contribution in [0.1, 0.15) is 23.9 Å². The van der Waals surface area contributed by atoms with E-state index >= 15 is 0 Å². The summed E-state index contributed by atoms with van der Waals surface area (Å²) >= 11 is 0. The molecule has 1 aromatic rings. The molecule has 0 aromatic carbocycles. The standard InChI is InChI=1S/C12H18N4O2/c17-12(16-4-1-6-18-7-5-16)11-10-9(2-3-13-11)14-8-15-10/h8,11,13H,1-7H2,(H,14,15)/t11-/m0/s1. The number of carbonyl (C=O) groups excluding carboxylic acids is 1. The molecule has 2 N–H and O–H groups in total. The summed E-state index contributed by atoms with van der Waals surface area (Å²) in [7, 11) is 0. The predicted molar refractivity (Wildman–Crippen MR) is 65.1 cm³/mol. The number of aromatic nitrogens is 2. The van der Waals surface area contributed by atoms with Crippen molar-refractivity contribution in [3.63, 3.8) is 0 Å². The Kier molecular flexibility index (Phi) is 3.29. The first kappa shape index (κ1) is 11.7. The summed E-state index contributed by atoms with van der Waals surface area (Å²) in [6.45, 7) is 3.64. The van der Waals surface area contributed by atoms with Gasteiger partial charge in [-0.2, -0.15) is 0 Å². The average molecular weight is 250 g/mol. The minimum absolute atomic E-state index is 0.119. The van der Waals surface area contributed by atoms with E-state index in [9.17, 15) is 4.79 Å². The summed E-state index contributed by atoms with van der Waals surface area (Å²) in [5, 5.41) is 3.26. The molecule has 0 unspecified atom stereocenters. The molecule has 0 spiro atoms. The number of hydrogen-bond donors (Lipinski definition) is 2. The van der Waals surface area contributed by atoms with E-state index in [0.29, 0.717) is 13.2 Å². The number of rotatable bonds is 1. The van der Waals surface area contributed by atoms with Crippen LogP contribution in [0.2, 0.25) is 0 Å². The van der Waals surface area contributed by atoms with E-state index in [0.717, 1.165) is 43.9 Å². The molecule has 1 amide bonds. The van der Waals surface area contributed by atoms with E-state index in [1.807, 2.05) is 4.90 Å². The van der Waals surface area contributed by atoms with Gasteiger partial charge in [0.1, 0.15) is 6.04 Å². The number of carbonyl (C=O) groups is 1. The number of ether oxygens (including phenoxy) is 1. The van der Waals surface area contributed by atoms with E-state index in [4.69, 9.17) is 4.74 Å². The van der Waals surface area contributed by atoms with Gasteiger partial charge in [0.25, 0.3) is 0 Å². The maximum atomic E-state index is 12.5. The number of imidazole rings is 1. The van der Waals surface area contributed by atoms with E-state index in [1.165, 1.54) is 0 Å². The lowest BCUT2D eigenvalue weighted by molar-refractivity contribution is -0.134. The molecule has 1 fully saturated rings. The number of nitrogens with zero attached hydrogens (tertiary/aromatic N) is 2. The Morgan fingerprint density at radius 3 is 3.33 bits per heavy atom. The highest BCUT2D eigenvalue weighted by molar-refractivity contribution is 5.83. The topological polar surface area (TPSA) is 70.2 Å². The zero-order valence-corrected chi connectivity index (χ0v) is 10.3. The van der Waals surface area contributed by atoms with Gasteiger partial charge in [0, 0.05) is 38.4 Å². The van der Waals surface area contributed by atoms with Gasteiger partial charge in [-0.15, -0.1) is 0 Å². The van der Waals surface area contributed by atoms with Gasteiger partial charge in [0.05, 0.1) is 18.6 Å². The van der Waals surface area contributed by atoms with E-state index in [2.05, 4.69) is 15.3 Å². The van der Waals surface area contributed by atoms with Gasteiger partial charge in [-0.1, -0.05) is 0 Å². The molecule has 18 heavy (non-hydrogen) atoms.